The van der Waals surface area contributed by atoms with Crippen molar-refractivity contribution in [1.82, 2.24) is 9.97 Å². The number of ether oxygens (including phenoxy) is 1. The zero-order valence-electron chi connectivity index (χ0n) is 13.1. The summed E-state index contributed by atoms with van der Waals surface area (Å²) in [6, 6.07) is 8.32. The summed E-state index contributed by atoms with van der Waals surface area (Å²) in [5.41, 5.74) is 9.15. The summed E-state index contributed by atoms with van der Waals surface area (Å²) >= 11 is 0. The molecular formula is C17H22N4O. The van der Waals surface area contributed by atoms with E-state index in [0.717, 1.165) is 54.4 Å². The highest BCUT2D eigenvalue weighted by Crippen LogP contribution is 2.31. The molecule has 1 aromatic heterocycles. The molecule has 1 aliphatic rings. The van der Waals surface area contributed by atoms with Gasteiger partial charge in [-0.15, -0.1) is 0 Å². The SMILES string of the molecule is COc1ccc(-c2nc(C)ncc2N2CCC(N)CC2)cc1. The summed E-state index contributed by atoms with van der Waals surface area (Å²) in [5, 5.41) is 0. The van der Waals surface area contributed by atoms with Crippen LogP contribution in [0.1, 0.15) is 18.7 Å². The monoisotopic (exact) mass is 298 g/mol. The lowest BCUT2D eigenvalue weighted by atomic mass is 10.0. The minimum absolute atomic E-state index is 0.312. The quantitative estimate of drug-likeness (QED) is 0.942. The van der Waals surface area contributed by atoms with Gasteiger partial charge in [-0.05, 0) is 44.0 Å². The van der Waals surface area contributed by atoms with Crippen molar-refractivity contribution in [3.05, 3.63) is 36.3 Å². The van der Waals surface area contributed by atoms with E-state index in [1.54, 1.807) is 7.11 Å². The molecule has 0 amide bonds. The molecule has 0 radical (unpaired) electrons. The van der Waals surface area contributed by atoms with Crippen LogP contribution < -0.4 is 15.4 Å². The molecule has 1 aliphatic heterocycles. The maximum Gasteiger partial charge on any atom is 0.126 e. The second-order valence-corrected chi connectivity index (χ2v) is 5.70. The lowest BCUT2D eigenvalue weighted by Gasteiger charge is -2.32. The van der Waals surface area contributed by atoms with Gasteiger partial charge in [-0.2, -0.15) is 0 Å². The first kappa shape index (κ1) is 14.8. The molecule has 1 aromatic carbocycles. The maximum absolute atomic E-state index is 6.01. The molecule has 0 aliphatic carbocycles. The molecular weight excluding hydrogens is 276 g/mol. The Morgan fingerprint density at radius 3 is 2.50 bits per heavy atom. The Bertz CT molecular complexity index is 634. The smallest absolute Gasteiger partial charge is 0.126 e. The predicted molar refractivity (Wildman–Crippen MR) is 88.2 cm³/mol. The van der Waals surface area contributed by atoms with Crippen molar-refractivity contribution in [2.24, 2.45) is 5.73 Å². The van der Waals surface area contributed by atoms with Gasteiger partial charge in [-0.3, -0.25) is 0 Å². The number of nitrogens with two attached hydrogens (primary N) is 1. The van der Waals surface area contributed by atoms with Gasteiger partial charge in [0.15, 0.2) is 0 Å². The zero-order valence-corrected chi connectivity index (χ0v) is 13.1. The van der Waals surface area contributed by atoms with Gasteiger partial charge in [-0.25, -0.2) is 9.97 Å². The molecule has 0 atom stereocenters. The Labute approximate surface area is 131 Å². The molecule has 5 nitrogen and oxygen atoms in total. The third kappa shape index (κ3) is 3.04. The maximum atomic E-state index is 6.01. The molecule has 0 saturated carbocycles. The lowest BCUT2D eigenvalue weighted by Crippen LogP contribution is -2.40. The number of aryl methyl sites for hydroxylation is 1. The van der Waals surface area contributed by atoms with Crippen molar-refractivity contribution in [2.75, 3.05) is 25.1 Å². The number of piperidine rings is 1. The topological polar surface area (TPSA) is 64.3 Å². The Balaban J connectivity index is 1.96. The number of hydrogen-bond donors (Lipinski definition) is 1. The van der Waals surface area contributed by atoms with E-state index in [0.29, 0.717) is 6.04 Å². The van der Waals surface area contributed by atoms with Gasteiger partial charge in [0.25, 0.3) is 0 Å². The second kappa shape index (κ2) is 6.32. The Hall–Kier alpha value is -2.14. The molecule has 3 rings (SSSR count). The number of nitrogens with zero attached hydrogens (tertiary/aromatic N) is 3. The van der Waals surface area contributed by atoms with Crippen LogP contribution in [-0.2, 0) is 0 Å². The van der Waals surface area contributed by atoms with Crippen LogP contribution in [0.3, 0.4) is 0 Å². The molecule has 2 aromatic rings. The summed E-state index contributed by atoms with van der Waals surface area (Å²) in [6.45, 7) is 3.83. The first-order valence-corrected chi connectivity index (χ1v) is 7.66. The first-order chi connectivity index (χ1) is 10.7. The highest BCUT2D eigenvalue weighted by molar-refractivity contribution is 5.75. The fourth-order valence-corrected chi connectivity index (χ4v) is 2.80. The number of hydrogen-bond acceptors (Lipinski definition) is 5. The average molecular weight is 298 g/mol. The molecule has 22 heavy (non-hydrogen) atoms. The van der Waals surface area contributed by atoms with Crippen molar-refractivity contribution in [3.8, 4) is 17.0 Å². The van der Waals surface area contributed by atoms with Crippen LogP contribution in [0.25, 0.3) is 11.3 Å². The van der Waals surface area contributed by atoms with E-state index < -0.39 is 0 Å². The van der Waals surface area contributed by atoms with Crippen molar-refractivity contribution >= 4 is 5.69 Å². The van der Waals surface area contributed by atoms with Crippen molar-refractivity contribution in [3.63, 3.8) is 0 Å². The van der Waals surface area contributed by atoms with Crippen LogP contribution in [-0.4, -0.2) is 36.2 Å². The van der Waals surface area contributed by atoms with E-state index in [4.69, 9.17) is 10.5 Å². The van der Waals surface area contributed by atoms with Gasteiger partial charge < -0.3 is 15.4 Å². The normalized spacial score (nSPS) is 15.9. The van der Waals surface area contributed by atoms with E-state index in [2.05, 4.69) is 14.9 Å². The fourth-order valence-electron chi connectivity index (χ4n) is 2.80. The number of anilines is 1. The summed E-state index contributed by atoms with van der Waals surface area (Å²) in [5.74, 6) is 1.63. The van der Waals surface area contributed by atoms with Crippen LogP contribution >= 0.6 is 0 Å². The molecule has 2 N–H and O–H groups in total. The number of benzene rings is 1. The van der Waals surface area contributed by atoms with Gasteiger partial charge in [0.05, 0.1) is 24.7 Å². The second-order valence-electron chi connectivity index (χ2n) is 5.70. The first-order valence-electron chi connectivity index (χ1n) is 7.66. The highest BCUT2D eigenvalue weighted by atomic mass is 16.5. The Morgan fingerprint density at radius 1 is 1.18 bits per heavy atom. The summed E-state index contributed by atoms with van der Waals surface area (Å²) in [4.78, 5) is 11.4. The molecule has 116 valence electrons. The van der Waals surface area contributed by atoms with Crippen molar-refractivity contribution in [1.29, 1.82) is 0 Å². The van der Waals surface area contributed by atoms with E-state index >= 15 is 0 Å². The molecule has 0 unspecified atom stereocenters. The van der Waals surface area contributed by atoms with Crippen molar-refractivity contribution in [2.45, 2.75) is 25.8 Å². The van der Waals surface area contributed by atoms with Gasteiger partial charge >= 0.3 is 0 Å². The Morgan fingerprint density at radius 2 is 1.86 bits per heavy atom. The largest absolute Gasteiger partial charge is 0.497 e. The van der Waals surface area contributed by atoms with E-state index in [1.165, 1.54) is 0 Å². The minimum Gasteiger partial charge on any atom is -0.497 e. The third-order valence-corrected chi connectivity index (χ3v) is 4.13. The van der Waals surface area contributed by atoms with Crippen LogP contribution in [0.4, 0.5) is 5.69 Å². The number of methoxy groups -OCH3 is 1. The van der Waals surface area contributed by atoms with E-state index in [9.17, 15) is 0 Å². The summed E-state index contributed by atoms with van der Waals surface area (Å²) in [6.07, 6.45) is 3.95. The summed E-state index contributed by atoms with van der Waals surface area (Å²) < 4.78 is 5.23. The summed E-state index contributed by atoms with van der Waals surface area (Å²) in [7, 11) is 1.67. The zero-order chi connectivity index (χ0) is 15.5. The number of aromatic nitrogens is 2. The van der Waals surface area contributed by atoms with E-state index in [1.807, 2.05) is 37.4 Å². The Kier molecular flexibility index (Phi) is 4.24. The lowest BCUT2D eigenvalue weighted by molar-refractivity contribution is 0.415. The average Bonchev–Trinajstić information content (AvgIpc) is 2.56. The molecule has 0 bridgehead atoms. The third-order valence-electron chi connectivity index (χ3n) is 4.13. The van der Waals surface area contributed by atoms with Crippen LogP contribution in [0.2, 0.25) is 0 Å². The number of rotatable bonds is 3. The standard InChI is InChI=1S/C17H22N4O/c1-12-19-11-16(21-9-7-14(18)8-10-21)17(20-12)13-3-5-15(22-2)6-4-13/h3-6,11,14H,7-10,18H2,1-2H3. The van der Waals surface area contributed by atoms with Gasteiger partial charge in [0, 0.05) is 24.7 Å². The highest BCUT2D eigenvalue weighted by Gasteiger charge is 2.20. The molecule has 1 fully saturated rings. The molecule has 1 saturated heterocycles. The van der Waals surface area contributed by atoms with Crippen molar-refractivity contribution < 1.29 is 4.74 Å². The molecule has 0 spiro atoms. The molecule has 5 heteroatoms. The molecule has 2 heterocycles. The van der Waals surface area contributed by atoms with E-state index in [-0.39, 0.29) is 0 Å². The minimum atomic E-state index is 0.312. The van der Waals surface area contributed by atoms with Crippen LogP contribution in [0.5, 0.6) is 5.75 Å². The van der Waals surface area contributed by atoms with Crippen LogP contribution in [0, 0.1) is 6.92 Å². The predicted octanol–water partition coefficient (Wildman–Crippen LogP) is 2.39. The van der Waals surface area contributed by atoms with Gasteiger partial charge in [0.1, 0.15) is 11.6 Å². The van der Waals surface area contributed by atoms with Gasteiger partial charge in [-0.1, -0.05) is 0 Å². The van der Waals surface area contributed by atoms with Gasteiger partial charge in [0.2, 0.25) is 0 Å². The fraction of sp³-hybridized carbons (Fsp3) is 0.412. The van der Waals surface area contributed by atoms with Crippen LogP contribution in [0.15, 0.2) is 30.5 Å².